The summed E-state index contributed by atoms with van der Waals surface area (Å²) >= 11 is 0. The third-order valence-electron chi connectivity index (χ3n) is 5.02. The van der Waals surface area contributed by atoms with Crippen LogP contribution in [0.5, 0.6) is 0 Å². The molecule has 0 bridgehead atoms. The molecule has 17 heavy (non-hydrogen) atoms. The van der Waals surface area contributed by atoms with Crippen molar-refractivity contribution in [2.24, 2.45) is 16.7 Å². The summed E-state index contributed by atoms with van der Waals surface area (Å²) in [6.07, 6.45) is 1.94. The first-order valence-corrected chi connectivity index (χ1v) is 8.47. The van der Waals surface area contributed by atoms with Gasteiger partial charge in [-0.1, -0.05) is 27.7 Å². The maximum absolute atomic E-state index is 11.9. The summed E-state index contributed by atoms with van der Waals surface area (Å²) in [5, 5.41) is 3.47. The molecular formula is C13H25NO2S. The van der Waals surface area contributed by atoms with Gasteiger partial charge in [0.05, 0.1) is 11.5 Å². The van der Waals surface area contributed by atoms with Crippen LogP contribution >= 0.6 is 0 Å². The van der Waals surface area contributed by atoms with Crippen molar-refractivity contribution in [3.63, 3.8) is 0 Å². The average Bonchev–Trinajstić information content (AvgIpc) is 2.56. The van der Waals surface area contributed by atoms with Crippen molar-refractivity contribution < 1.29 is 8.42 Å². The standard InChI is InChI=1S/C13H25NO2S/c1-10(2)14-8-11-12(3,4)13(11)6-5-7-17(15,16)9-13/h10-11,14H,5-9H2,1-4H3. The third kappa shape index (κ3) is 2.14. The second-order valence-electron chi connectivity index (χ2n) is 6.69. The zero-order valence-electron chi connectivity index (χ0n) is 11.4. The highest BCUT2D eigenvalue weighted by atomic mass is 32.2. The smallest absolute Gasteiger partial charge is 0.150 e. The fourth-order valence-corrected chi connectivity index (χ4v) is 6.02. The molecule has 0 radical (unpaired) electrons. The minimum Gasteiger partial charge on any atom is -0.314 e. The lowest BCUT2D eigenvalue weighted by molar-refractivity contribution is 0.368. The topological polar surface area (TPSA) is 46.2 Å². The molecule has 2 atom stereocenters. The minimum atomic E-state index is -2.80. The van der Waals surface area contributed by atoms with Gasteiger partial charge in [-0.25, -0.2) is 8.42 Å². The van der Waals surface area contributed by atoms with E-state index in [9.17, 15) is 8.42 Å². The molecule has 2 fully saturated rings. The molecule has 1 saturated heterocycles. The molecule has 4 heteroatoms. The molecule has 1 N–H and O–H groups in total. The lowest BCUT2D eigenvalue weighted by Gasteiger charge is -2.25. The third-order valence-corrected chi connectivity index (χ3v) is 6.89. The molecule has 2 rings (SSSR count). The molecule has 1 aliphatic heterocycles. The summed E-state index contributed by atoms with van der Waals surface area (Å²) in [5.41, 5.74) is 0.244. The monoisotopic (exact) mass is 259 g/mol. The van der Waals surface area contributed by atoms with Gasteiger partial charge in [0.15, 0.2) is 9.84 Å². The Hall–Kier alpha value is -0.0900. The Morgan fingerprint density at radius 3 is 2.53 bits per heavy atom. The minimum absolute atomic E-state index is 0.0615. The Labute approximate surface area is 105 Å². The van der Waals surface area contributed by atoms with Gasteiger partial charge in [0.1, 0.15) is 0 Å². The van der Waals surface area contributed by atoms with Crippen LogP contribution in [-0.2, 0) is 9.84 Å². The van der Waals surface area contributed by atoms with E-state index in [0.717, 1.165) is 19.4 Å². The van der Waals surface area contributed by atoms with Gasteiger partial charge in [0, 0.05) is 6.04 Å². The van der Waals surface area contributed by atoms with E-state index in [1.165, 1.54) is 0 Å². The second-order valence-corrected chi connectivity index (χ2v) is 8.87. The first kappa shape index (κ1) is 13.3. The maximum atomic E-state index is 11.9. The number of sulfone groups is 1. The van der Waals surface area contributed by atoms with Gasteiger partial charge in [-0.3, -0.25) is 0 Å². The molecule has 0 aromatic carbocycles. The molecule has 0 aromatic rings. The lowest BCUT2D eigenvalue weighted by Crippen LogP contribution is -2.32. The van der Waals surface area contributed by atoms with Crippen LogP contribution in [0, 0.1) is 16.7 Å². The normalized spacial score (nSPS) is 38.5. The number of hydrogen-bond donors (Lipinski definition) is 1. The average molecular weight is 259 g/mol. The van der Waals surface area contributed by atoms with Gasteiger partial charge >= 0.3 is 0 Å². The summed E-state index contributed by atoms with van der Waals surface area (Å²) < 4.78 is 23.7. The maximum Gasteiger partial charge on any atom is 0.150 e. The van der Waals surface area contributed by atoms with Gasteiger partial charge in [0.2, 0.25) is 0 Å². The largest absolute Gasteiger partial charge is 0.314 e. The highest BCUT2D eigenvalue weighted by Crippen LogP contribution is 2.72. The number of rotatable bonds is 3. The number of nitrogens with one attached hydrogen (secondary N) is 1. The summed E-state index contributed by atoms with van der Waals surface area (Å²) in [5.74, 6) is 1.33. The van der Waals surface area contributed by atoms with E-state index in [1.807, 2.05) is 0 Å². The van der Waals surface area contributed by atoms with Gasteiger partial charge in [-0.2, -0.15) is 0 Å². The van der Waals surface area contributed by atoms with E-state index in [2.05, 4.69) is 33.0 Å². The van der Waals surface area contributed by atoms with Crippen LogP contribution in [0.15, 0.2) is 0 Å². The lowest BCUT2D eigenvalue weighted by atomic mass is 9.92. The number of hydrogen-bond acceptors (Lipinski definition) is 3. The van der Waals surface area contributed by atoms with Crippen molar-refractivity contribution >= 4 is 9.84 Å². The van der Waals surface area contributed by atoms with Gasteiger partial charge in [-0.15, -0.1) is 0 Å². The van der Waals surface area contributed by atoms with E-state index >= 15 is 0 Å². The Kier molecular flexibility index (Phi) is 3.10. The molecule has 1 saturated carbocycles. The van der Waals surface area contributed by atoms with Crippen molar-refractivity contribution in [1.29, 1.82) is 0 Å². The molecule has 0 aromatic heterocycles. The summed E-state index contributed by atoms with van der Waals surface area (Å²) in [6.45, 7) is 9.71. The highest BCUT2D eigenvalue weighted by molar-refractivity contribution is 7.91. The van der Waals surface area contributed by atoms with Crippen molar-refractivity contribution in [3.05, 3.63) is 0 Å². The zero-order chi connectivity index (χ0) is 12.9. The predicted molar refractivity (Wildman–Crippen MR) is 70.7 cm³/mol. The van der Waals surface area contributed by atoms with E-state index in [-0.39, 0.29) is 10.8 Å². The Morgan fingerprint density at radius 2 is 2.00 bits per heavy atom. The van der Waals surface area contributed by atoms with Crippen LogP contribution in [0.1, 0.15) is 40.5 Å². The summed E-state index contributed by atoms with van der Waals surface area (Å²) in [6, 6.07) is 0.476. The van der Waals surface area contributed by atoms with Crippen molar-refractivity contribution in [1.82, 2.24) is 5.32 Å². The van der Waals surface area contributed by atoms with E-state index < -0.39 is 9.84 Å². The van der Waals surface area contributed by atoms with Gasteiger partial charge in [-0.05, 0) is 36.1 Å². The van der Waals surface area contributed by atoms with Crippen LogP contribution in [0.2, 0.25) is 0 Å². The van der Waals surface area contributed by atoms with E-state index in [1.54, 1.807) is 0 Å². The van der Waals surface area contributed by atoms with Crippen LogP contribution < -0.4 is 5.32 Å². The van der Waals surface area contributed by atoms with Crippen LogP contribution in [0.4, 0.5) is 0 Å². The van der Waals surface area contributed by atoms with E-state index in [0.29, 0.717) is 23.5 Å². The van der Waals surface area contributed by atoms with Crippen molar-refractivity contribution in [2.75, 3.05) is 18.1 Å². The van der Waals surface area contributed by atoms with Gasteiger partial charge in [0.25, 0.3) is 0 Å². The molecule has 3 nitrogen and oxygen atoms in total. The zero-order valence-corrected chi connectivity index (χ0v) is 12.2. The summed E-state index contributed by atoms with van der Waals surface area (Å²) in [4.78, 5) is 0. The molecule has 0 amide bonds. The SMILES string of the molecule is CC(C)NCC1C(C)(C)C12CCCS(=O)(=O)C2. The first-order valence-electron chi connectivity index (χ1n) is 6.65. The van der Waals surface area contributed by atoms with Crippen LogP contribution in [0.25, 0.3) is 0 Å². The molecular weight excluding hydrogens is 234 g/mol. The van der Waals surface area contributed by atoms with Gasteiger partial charge < -0.3 is 5.32 Å². The Bertz CT molecular complexity index is 400. The molecule has 2 unspecified atom stereocenters. The second kappa shape index (κ2) is 3.95. The quantitative estimate of drug-likeness (QED) is 0.841. The fourth-order valence-electron chi connectivity index (χ4n) is 3.79. The Morgan fingerprint density at radius 1 is 1.35 bits per heavy atom. The molecule has 1 heterocycles. The molecule has 1 spiro atoms. The highest BCUT2D eigenvalue weighted by Gasteiger charge is 2.71. The fraction of sp³-hybridized carbons (Fsp3) is 1.00. The molecule has 2 aliphatic rings. The summed E-state index contributed by atoms with van der Waals surface area (Å²) in [7, 11) is -2.80. The first-order chi connectivity index (χ1) is 7.71. The van der Waals surface area contributed by atoms with E-state index in [4.69, 9.17) is 0 Å². The predicted octanol–water partition coefficient (Wildman–Crippen LogP) is 1.84. The van der Waals surface area contributed by atoms with Crippen molar-refractivity contribution in [2.45, 2.75) is 46.6 Å². The van der Waals surface area contributed by atoms with Crippen molar-refractivity contribution in [3.8, 4) is 0 Å². The van der Waals surface area contributed by atoms with Crippen LogP contribution in [-0.4, -0.2) is 32.5 Å². The Balaban J connectivity index is 2.10. The van der Waals surface area contributed by atoms with Crippen LogP contribution in [0.3, 0.4) is 0 Å². The molecule has 1 aliphatic carbocycles. The molecule has 100 valence electrons.